The van der Waals surface area contributed by atoms with Crippen LogP contribution in [0.25, 0.3) is 0 Å². The molecule has 2 rings (SSSR count). The van der Waals surface area contributed by atoms with E-state index in [2.05, 4.69) is 4.90 Å². The number of carbonyl (C=O) groups is 1. The number of carboxylic acids is 1. The summed E-state index contributed by atoms with van der Waals surface area (Å²) in [5.74, 6) is -0.570. The van der Waals surface area contributed by atoms with Crippen LogP contribution in [0, 0.1) is 0 Å². The molecule has 20 heavy (non-hydrogen) atoms. The van der Waals surface area contributed by atoms with Crippen LogP contribution >= 0.6 is 0 Å². The summed E-state index contributed by atoms with van der Waals surface area (Å²) in [6, 6.07) is -0.116. The van der Waals surface area contributed by atoms with E-state index in [0.717, 1.165) is 26.1 Å². The number of carboxylic acid groups (broad SMARTS) is 1. The van der Waals surface area contributed by atoms with Crippen LogP contribution in [0.3, 0.4) is 0 Å². The molecule has 0 aromatic rings. The summed E-state index contributed by atoms with van der Waals surface area (Å²) >= 11 is 0. The van der Waals surface area contributed by atoms with E-state index in [1.54, 1.807) is 0 Å². The van der Waals surface area contributed by atoms with Crippen LogP contribution in [-0.4, -0.2) is 79.6 Å². The maximum absolute atomic E-state index is 11.5. The Labute approximate surface area is 120 Å². The van der Waals surface area contributed by atoms with E-state index in [-0.39, 0.29) is 24.1 Å². The summed E-state index contributed by atoms with van der Waals surface area (Å²) < 4.78 is 23.1. The number of rotatable bonds is 7. The molecule has 116 valence electrons. The fraction of sp³-hybridized carbons (Fsp3) is 0.923. The molecule has 0 aromatic heterocycles. The summed E-state index contributed by atoms with van der Waals surface area (Å²) in [6.45, 7) is 3.87. The average molecular weight is 304 g/mol. The molecule has 2 aliphatic rings. The number of hydrogen-bond acceptors (Lipinski definition) is 5. The minimum atomic E-state index is -2.96. The van der Waals surface area contributed by atoms with Gasteiger partial charge in [0.25, 0.3) is 0 Å². The summed E-state index contributed by atoms with van der Waals surface area (Å²) in [6.07, 6.45) is 3.97. The number of hydrogen-bond donors (Lipinski definition) is 1. The van der Waals surface area contributed by atoms with Crippen LogP contribution in [0.4, 0.5) is 0 Å². The first-order chi connectivity index (χ1) is 9.46. The van der Waals surface area contributed by atoms with Crippen molar-refractivity contribution in [2.75, 3.05) is 44.2 Å². The lowest BCUT2D eigenvalue weighted by molar-refractivity contribution is -0.138. The predicted octanol–water partition coefficient (Wildman–Crippen LogP) is 0.0460. The van der Waals surface area contributed by atoms with Crippen LogP contribution in [0.15, 0.2) is 0 Å². The van der Waals surface area contributed by atoms with E-state index in [9.17, 15) is 13.2 Å². The second-order valence-electron chi connectivity index (χ2n) is 5.82. The SMILES string of the molecule is O=C(O)CN(CCCN1CCCC1)C1CCS(=O)(=O)C1. The highest BCUT2D eigenvalue weighted by Crippen LogP contribution is 2.18. The molecule has 0 bridgehead atoms. The molecule has 0 aliphatic carbocycles. The van der Waals surface area contributed by atoms with E-state index in [0.29, 0.717) is 13.0 Å². The first-order valence-electron chi connectivity index (χ1n) is 7.35. The Morgan fingerprint density at radius 1 is 1.30 bits per heavy atom. The minimum absolute atomic E-state index is 0.0554. The number of likely N-dealkylation sites (tertiary alicyclic amines) is 1. The molecule has 2 heterocycles. The lowest BCUT2D eigenvalue weighted by atomic mass is 10.2. The molecule has 0 amide bonds. The standard InChI is InChI=1S/C13H24N2O4S/c16-13(17)10-15(12-4-9-20(18,19)11-12)8-3-7-14-5-1-2-6-14/h12H,1-11H2,(H,16,17). The highest BCUT2D eigenvalue weighted by molar-refractivity contribution is 7.91. The van der Waals surface area contributed by atoms with Gasteiger partial charge in [0.15, 0.2) is 9.84 Å². The van der Waals surface area contributed by atoms with Crippen LogP contribution < -0.4 is 0 Å². The molecule has 2 aliphatic heterocycles. The van der Waals surface area contributed by atoms with Crippen molar-refractivity contribution >= 4 is 15.8 Å². The summed E-state index contributed by atoms with van der Waals surface area (Å²) in [5, 5.41) is 8.98. The molecular formula is C13H24N2O4S. The second kappa shape index (κ2) is 6.87. The Hall–Kier alpha value is -0.660. The number of aliphatic carboxylic acids is 1. The molecule has 0 spiro atoms. The molecule has 7 heteroatoms. The first-order valence-corrected chi connectivity index (χ1v) is 9.17. The van der Waals surface area contributed by atoms with Crippen LogP contribution in [0.2, 0.25) is 0 Å². The summed E-state index contributed by atoms with van der Waals surface area (Å²) in [5.41, 5.74) is 0. The second-order valence-corrected chi connectivity index (χ2v) is 8.05. The number of nitrogens with zero attached hydrogens (tertiary/aromatic N) is 2. The van der Waals surface area contributed by atoms with Gasteiger partial charge in [0, 0.05) is 12.6 Å². The molecular weight excluding hydrogens is 280 g/mol. The van der Waals surface area contributed by atoms with Gasteiger partial charge in [-0.2, -0.15) is 0 Å². The molecule has 2 fully saturated rings. The smallest absolute Gasteiger partial charge is 0.317 e. The zero-order valence-electron chi connectivity index (χ0n) is 11.8. The highest BCUT2D eigenvalue weighted by Gasteiger charge is 2.32. The average Bonchev–Trinajstić information content (AvgIpc) is 2.97. The maximum atomic E-state index is 11.5. The van der Waals surface area contributed by atoms with Gasteiger partial charge < -0.3 is 10.0 Å². The van der Waals surface area contributed by atoms with Gasteiger partial charge >= 0.3 is 5.97 Å². The monoisotopic (exact) mass is 304 g/mol. The summed E-state index contributed by atoms with van der Waals surface area (Å²) in [4.78, 5) is 15.2. The molecule has 1 atom stereocenters. The van der Waals surface area contributed by atoms with E-state index in [1.807, 2.05) is 4.90 Å². The zero-order valence-corrected chi connectivity index (χ0v) is 12.6. The zero-order chi connectivity index (χ0) is 14.6. The van der Waals surface area contributed by atoms with Crippen LogP contribution in [-0.2, 0) is 14.6 Å². The van der Waals surface area contributed by atoms with Crippen molar-refractivity contribution in [2.45, 2.75) is 31.7 Å². The quantitative estimate of drug-likeness (QED) is 0.716. The Morgan fingerprint density at radius 2 is 2.00 bits per heavy atom. The molecule has 0 aromatic carbocycles. The van der Waals surface area contributed by atoms with Gasteiger partial charge in [0.05, 0.1) is 18.1 Å². The predicted molar refractivity (Wildman–Crippen MR) is 76.6 cm³/mol. The highest BCUT2D eigenvalue weighted by atomic mass is 32.2. The van der Waals surface area contributed by atoms with Crippen molar-refractivity contribution in [3.8, 4) is 0 Å². The van der Waals surface area contributed by atoms with E-state index < -0.39 is 15.8 Å². The van der Waals surface area contributed by atoms with Gasteiger partial charge in [-0.15, -0.1) is 0 Å². The minimum Gasteiger partial charge on any atom is -0.480 e. The van der Waals surface area contributed by atoms with Gasteiger partial charge in [-0.05, 0) is 45.3 Å². The third kappa shape index (κ3) is 4.71. The molecule has 0 radical (unpaired) electrons. The van der Waals surface area contributed by atoms with Crippen molar-refractivity contribution in [1.82, 2.24) is 9.80 Å². The van der Waals surface area contributed by atoms with Gasteiger partial charge in [0.2, 0.25) is 0 Å². The molecule has 2 saturated heterocycles. The third-order valence-corrected chi connectivity index (χ3v) is 5.93. The molecule has 6 nitrogen and oxygen atoms in total. The van der Waals surface area contributed by atoms with Gasteiger partial charge in [-0.3, -0.25) is 9.69 Å². The Morgan fingerprint density at radius 3 is 2.55 bits per heavy atom. The van der Waals surface area contributed by atoms with E-state index >= 15 is 0 Å². The Kier molecular flexibility index (Phi) is 5.40. The normalized spacial score (nSPS) is 26.4. The lowest BCUT2D eigenvalue weighted by Gasteiger charge is -2.27. The fourth-order valence-electron chi connectivity index (χ4n) is 3.13. The maximum Gasteiger partial charge on any atom is 0.317 e. The van der Waals surface area contributed by atoms with Crippen molar-refractivity contribution in [2.24, 2.45) is 0 Å². The van der Waals surface area contributed by atoms with Gasteiger partial charge in [0.1, 0.15) is 0 Å². The largest absolute Gasteiger partial charge is 0.480 e. The number of sulfone groups is 1. The first kappa shape index (κ1) is 15.7. The van der Waals surface area contributed by atoms with E-state index in [1.165, 1.54) is 12.8 Å². The van der Waals surface area contributed by atoms with Crippen LogP contribution in [0.5, 0.6) is 0 Å². The van der Waals surface area contributed by atoms with Crippen molar-refractivity contribution in [3.63, 3.8) is 0 Å². The lowest BCUT2D eigenvalue weighted by Crippen LogP contribution is -2.41. The van der Waals surface area contributed by atoms with Crippen molar-refractivity contribution in [1.29, 1.82) is 0 Å². The topological polar surface area (TPSA) is 77.9 Å². The fourth-order valence-corrected chi connectivity index (χ4v) is 4.89. The van der Waals surface area contributed by atoms with Gasteiger partial charge in [-0.25, -0.2) is 8.42 Å². The Balaban J connectivity index is 1.82. The van der Waals surface area contributed by atoms with Crippen molar-refractivity contribution < 1.29 is 18.3 Å². The van der Waals surface area contributed by atoms with E-state index in [4.69, 9.17) is 5.11 Å². The molecule has 0 saturated carbocycles. The van der Waals surface area contributed by atoms with Gasteiger partial charge in [-0.1, -0.05) is 0 Å². The molecule has 1 unspecified atom stereocenters. The molecule has 1 N–H and O–H groups in total. The Bertz CT molecular complexity index is 432. The van der Waals surface area contributed by atoms with Crippen molar-refractivity contribution in [3.05, 3.63) is 0 Å². The van der Waals surface area contributed by atoms with Crippen LogP contribution in [0.1, 0.15) is 25.7 Å². The third-order valence-electron chi connectivity index (χ3n) is 4.18. The summed E-state index contributed by atoms with van der Waals surface area (Å²) in [7, 11) is -2.96.